The molecular formula is C20H28N2O5. The Labute approximate surface area is 199 Å². The van der Waals surface area contributed by atoms with E-state index >= 15 is 0 Å². The highest BCUT2D eigenvalue weighted by atomic mass is 16.5. The van der Waals surface area contributed by atoms with Gasteiger partial charge in [0.05, 0.1) is 26.3 Å². The van der Waals surface area contributed by atoms with Crippen LogP contribution in [0, 0.1) is 0 Å². The Bertz CT molecular complexity index is 1730. The van der Waals surface area contributed by atoms with Crippen LogP contribution >= 0.6 is 0 Å². The second-order valence-corrected chi connectivity index (χ2v) is 4.19. The number of carboxylic acids is 1. The zero-order valence-electron chi connectivity index (χ0n) is 40.9. The molecule has 1 fully saturated rings. The van der Waals surface area contributed by atoms with Crippen LogP contribution in [0.5, 0.6) is 0 Å². The van der Waals surface area contributed by atoms with E-state index in [4.69, 9.17) is 38.5 Å². The van der Waals surface area contributed by atoms with E-state index in [-0.39, 0.29) is 0 Å². The third-order valence-electron chi connectivity index (χ3n) is 2.54. The van der Waals surface area contributed by atoms with Crippen molar-refractivity contribution < 1.29 is 61.3 Å². The smallest absolute Gasteiger partial charge is 0.326 e. The molecular weight excluding hydrogens is 348 g/mol. The van der Waals surface area contributed by atoms with Crippen molar-refractivity contribution in [2.24, 2.45) is 0 Å². The largest absolute Gasteiger partial charge is 0.480 e. The molecule has 1 aromatic carbocycles. The molecule has 0 bridgehead atoms. The van der Waals surface area contributed by atoms with Gasteiger partial charge in [0, 0.05) is 28.4 Å². The standard InChI is InChI=1S/C20H28N2O5/c1-3-27-20(26)16(12-11-15-8-5-4-6-9-15)21-14(2)18(23)22-13-7-10-17(22)19(24)25/h4-6,8-9,14,16-17,21H,3,7,10-13H2,1-2H3,(H,24,25)/t14-,16+,17+/m1/s1/i1D3,2D3,3D2,4D,5D,6D,7D2,8D,9D,10D2,11D2,12D2,13D2,14D,16D,17D/hD2. The topological polar surface area (TPSA) is 95.9 Å². The fourth-order valence-electron chi connectivity index (χ4n) is 1.47. The number of carboxylic acid groups (broad SMARTS) is 1. The second-order valence-electron chi connectivity index (χ2n) is 4.19. The Kier molecular flexibility index (Phi) is 1.78. The summed E-state index contributed by atoms with van der Waals surface area (Å²) in [7, 11) is 0. The predicted molar refractivity (Wildman–Crippen MR) is 100 cm³/mol. The van der Waals surface area contributed by atoms with E-state index in [1.807, 2.05) is 0 Å². The molecule has 3 atom stereocenters. The quantitative estimate of drug-likeness (QED) is 0.607. The van der Waals surface area contributed by atoms with Crippen molar-refractivity contribution >= 4 is 17.8 Å². The van der Waals surface area contributed by atoms with Crippen molar-refractivity contribution in [2.45, 2.75) is 57.2 Å². The SMILES string of the molecule is [2H]OC(=O)[C@@]1([2H])N(C(=O)[C@]([2H])(N([2H])[C@]([2H])(C(=O)OC([2H])([2H])C([2H])([2H])[2H])C([2H])([2H])C([2H])([2H])c2c([2H])c([2H])c([2H])c([2H])c2[2H])C([2H])([2H])[2H])C([2H])([2H])C([2H])([2H])C1([2H])[2H]. The number of hydrogen-bond donors (Lipinski definition) is 2. The fraction of sp³-hybridized carbons (Fsp3) is 0.550. The van der Waals surface area contributed by atoms with Crippen molar-refractivity contribution in [2.75, 3.05) is 13.1 Å². The monoisotopic (exact) mass is 404 g/mol. The molecule has 1 saturated heterocycles. The van der Waals surface area contributed by atoms with Crippen molar-refractivity contribution in [3.8, 4) is 0 Å². The lowest BCUT2D eigenvalue weighted by molar-refractivity contribution is -0.150. The predicted octanol–water partition coefficient (Wildman–Crippen LogP) is 1.60. The number of amides is 1. The maximum absolute atomic E-state index is 14.3. The number of rotatable bonds is 9. The van der Waals surface area contributed by atoms with Gasteiger partial charge in [-0.3, -0.25) is 14.9 Å². The van der Waals surface area contributed by atoms with Crippen LogP contribution in [0.25, 0.3) is 1.43 Å². The van der Waals surface area contributed by atoms with Gasteiger partial charge in [-0.25, -0.2) is 4.79 Å². The molecule has 1 aliphatic heterocycles. The Balaban J connectivity index is 3.29. The van der Waals surface area contributed by atoms with Gasteiger partial charge >= 0.3 is 11.9 Å². The van der Waals surface area contributed by atoms with Crippen molar-refractivity contribution in [3.63, 3.8) is 0 Å². The minimum atomic E-state index is -5.32. The van der Waals surface area contributed by atoms with Gasteiger partial charge in [0.2, 0.25) is 5.91 Å². The van der Waals surface area contributed by atoms with E-state index in [0.717, 1.165) is 0 Å². The lowest BCUT2D eigenvalue weighted by Gasteiger charge is -2.27. The number of nitrogens with one attached hydrogen (secondary N) is 1. The Morgan fingerprint density at radius 3 is 3.15 bits per heavy atom. The first-order valence-corrected chi connectivity index (χ1v) is 6.59. The molecule has 1 aromatic rings. The third kappa shape index (κ3) is 5.79. The summed E-state index contributed by atoms with van der Waals surface area (Å²) in [5, 5.41) is 1.77. The number of ether oxygens (including phenoxy) is 1. The van der Waals surface area contributed by atoms with Crippen molar-refractivity contribution in [1.82, 2.24) is 10.2 Å². The zero-order chi connectivity index (χ0) is 44.3. The second kappa shape index (κ2) is 10.1. The number of likely N-dealkylation sites (tertiary alicyclic amines) is 1. The Morgan fingerprint density at radius 1 is 1.63 bits per heavy atom. The van der Waals surface area contributed by atoms with Crippen LogP contribution in [-0.2, 0) is 25.5 Å². The molecule has 2 rings (SSSR count). The van der Waals surface area contributed by atoms with Crippen molar-refractivity contribution in [1.29, 1.82) is 1.43 Å². The highest BCUT2D eigenvalue weighted by molar-refractivity contribution is 5.88. The van der Waals surface area contributed by atoms with E-state index in [1.165, 1.54) is 0 Å². The van der Waals surface area contributed by atoms with Crippen molar-refractivity contribution in [3.05, 3.63) is 35.8 Å². The van der Waals surface area contributed by atoms with Crippen LogP contribution in [0.2, 0.25) is 1.41 Å². The number of carbonyl (C=O) groups excluding carboxylic acids is 2. The highest BCUT2D eigenvalue weighted by Crippen LogP contribution is 2.19. The Morgan fingerprint density at radius 2 is 2.44 bits per heavy atom. The Hall–Kier alpha value is -2.41. The van der Waals surface area contributed by atoms with Gasteiger partial charge in [0.25, 0.3) is 1.43 Å². The average Bonchev–Trinajstić information content (AvgIpc) is 3.10. The lowest BCUT2D eigenvalue weighted by atomic mass is 10.0. The summed E-state index contributed by atoms with van der Waals surface area (Å²) in [6.07, 6.45) is -18.4. The van der Waals surface area contributed by atoms with Gasteiger partial charge in [-0.2, -0.15) is 0 Å². The minimum Gasteiger partial charge on any atom is -0.480 e. The van der Waals surface area contributed by atoms with Gasteiger partial charge < -0.3 is 14.7 Å². The first kappa shape index (κ1) is 4.76. The molecule has 0 aliphatic carbocycles. The number of aliphatic carboxylic acids is 1. The van der Waals surface area contributed by atoms with Gasteiger partial charge in [-0.05, 0) is 44.8 Å². The average molecular weight is 405 g/mol. The summed E-state index contributed by atoms with van der Waals surface area (Å²) in [6.45, 7) is -17.9. The zero-order valence-corrected chi connectivity index (χ0v) is 12.9. The van der Waals surface area contributed by atoms with Crippen LogP contribution in [0.4, 0.5) is 0 Å². The van der Waals surface area contributed by atoms with Gasteiger partial charge in [0.15, 0.2) is 0 Å². The van der Waals surface area contributed by atoms with E-state index in [2.05, 4.69) is 9.85 Å². The summed E-state index contributed by atoms with van der Waals surface area (Å²) < 4.78 is 229. The van der Waals surface area contributed by atoms with Gasteiger partial charge in [-0.1, -0.05) is 30.2 Å². The van der Waals surface area contributed by atoms with Crippen LogP contribution in [-0.4, -0.2) is 59.0 Å². The molecule has 0 unspecified atom stereocenters. The molecule has 148 valence electrons. The van der Waals surface area contributed by atoms with Crippen LogP contribution in [0.3, 0.4) is 0 Å². The van der Waals surface area contributed by atoms with E-state index in [0.29, 0.717) is 0 Å². The molecule has 1 aliphatic rings. The molecule has 2 N–H and O–H groups in total. The third-order valence-corrected chi connectivity index (χ3v) is 2.54. The van der Waals surface area contributed by atoms with E-state index < -0.39 is 134 Å². The maximum Gasteiger partial charge on any atom is 0.326 e. The number of benzene rings is 1. The van der Waals surface area contributed by atoms with Crippen LogP contribution in [0.15, 0.2) is 30.2 Å². The summed E-state index contributed by atoms with van der Waals surface area (Å²) >= 11 is 0. The minimum absolute atomic E-state index is 1.23. The molecule has 27 heavy (non-hydrogen) atoms. The van der Waals surface area contributed by atoms with Gasteiger partial charge in [0.1, 0.15) is 13.4 Å². The maximum atomic E-state index is 14.3. The normalized spacial score (nSPS) is 47.1. The summed E-state index contributed by atoms with van der Waals surface area (Å²) in [6, 6.07) is -22.5. The lowest BCUT2D eigenvalue weighted by Crippen LogP contribution is -2.53. The summed E-state index contributed by atoms with van der Waals surface area (Å²) in [5.41, 5.74) is -1.82. The number of nitrogens with zero attached hydrogens (tertiary/aromatic N) is 1. The molecule has 7 nitrogen and oxygen atoms in total. The number of esters is 1. The summed E-state index contributed by atoms with van der Waals surface area (Å²) in [5.74, 6) is -9.13. The first-order chi connectivity index (χ1) is 24.0. The molecule has 0 aromatic heterocycles. The molecule has 1 amide bonds. The molecule has 0 radical (unpaired) electrons. The fourth-order valence-corrected chi connectivity index (χ4v) is 1.47. The van der Waals surface area contributed by atoms with E-state index in [1.54, 1.807) is 0 Å². The van der Waals surface area contributed by atoms with Crippen LogP contribution in [0.1, 0.15) is 74.0 Å². The highest BCUT2D eigenvalue weighted by Gasteiger charge is 2.36. The number of carbonyl (C=O) groups is 3. The first-order valence-electron chi connectivity index (χ1n) is 20.4. The molecule has 1 heterocycles. The number of hydrogen-bond acceptors (Lipinski definition) is 6. The molecule has 0 spiro atoms. The van der Waals surface area contributed by atoms with Gasteiger partial charge in [-0.15, -0.1) is 0 Å². The van der Waals surface area contributed by atoms with E-state index in [9.17, 15) is 14.4 Å². The van der Waals surface area contributed by atoms with Crippen LogP contribution < -0.4 is 5.31 Å². The summed E-state index contributed by atoms with van der Waals surface area (Å²) in [4.78, 5) is 39.5. The molecule has 0 saturated carbocycles. The molecule has 7 heteroatoms.